The highest BCUT2D eigenvalue weighted by Crippen LogP contribution is 2.27. The first kappa shape index (κ1) is 13.4. The van der Waals surface area contributed by atoms with Crippen LogP contribution in [0.2, 0.25) is 0 Å². The molecular formula is C10H9FN6O3. The third-order valence-electron chi connectivity index (χ3n) is 2.21. The Labute approximate surface area is 111 Å². The summed E-state index contributed by atoms with van der Waals surface area (Å²) in [4.78, 5) is 17.2. The number of benzene rings is 1. The van der Waals surface area contributed by atoms with Crippen molar-refractivity contribution in [1.82, 2.24) is 9.97 Å². The van der Waals surface area contributed by atoms with Gasteiger partial charge in [-0.05, 0) is 6.07 Å². The molecule has 20 heavy (non-hydrogen) atoms. The molecule has 9 nitrogen and oxygen atoms in total. The number of nitrogens with two attached hydrogens (primary N) is 2. The van der Waals surface area contributed by atoms with Crippen LogP contribution in [0.15, 0.2) is 24.3 Å². The van der Waals surface area contributed by atoms with Crippen molar-refractivity contribution < 1.29 is 14.1 Å². The lowest BCUT2D eigenvalue weighted by Gasteiger charge is -2.07. The lowest BCUT2D eigenvalue weighted by molar-refractivity contribution is -0.385. The minimum Gasteiger partial charge on any atom is -0.436 e. The maximum absolute atomic E-state index is 13.6. The van der Waals surface area contributed by atoms with Gasteiger partial charge in [-0.2, -0.15) is 9.97 Å². The van der Waals surface area contributed by atoms with Crippen LogP contribution < -0.4 is 21.7 Å². The second-order valence-corrected chi connectivity index (χ2v) is 3.57. The van der Waals surface area contributed by atoms with Gasteiger partial charge in [-0.15, -0.1) is 0 Å². The highest BCUT2D eigenvalue weighted by molar-refractivity contribution is 5.44. The van der Waals surface area contributed by atoms with Crippen LogP contribution in [-0.2, 0) is 0 Å². The number of anilines is 2. The van der Waals surface area contributed by atoms with Gasteiger partial charge >= 0.3 is 0 Å². The first-order valence-electron chi connectivity index (χ1n) is 5.22. The van der Waals surface area contributed by atoms with Gasteiger partial charge in [0, 0.05) is 12.1 Å². The molecule has 0 unspecified atom stereocenters. The van der Waals surface area contributed by atoms with Crippen molar-refractivity contribution in [2.24, 2.45) is 5.84 Å². The number of nitrogen functional groups attached to an aromatic ring is 2. The fourth-order valence-electron chi connectivity index (χ4n) is 1.37. The summed E-state index contributed by atoms with van der Waals surface area (Å²) < 4.78 is 18.8. The molecule has 1 aromatic carbocycles. The van der Waals surface area contributed by atoms with Crippen molar-refractivity contribution >= 4 is 17.5 Å². The lowest BCUT2D eigenvalue weighted by Crippen LogP contribution is -2.10. The van der Waals surface area contributed by atoms with Gasteiger partial charge in [0.2, 0.25) is 11.8 Å². The summed E-state index contributed by atoms with van der Waals surface area (Å²) in [5.41, 5.74) is 7.26. The Hall–Kier alpha value is -3.01. The Kier molecular flexibility index (Phi) is 3.57. The summed E-state index contributed by atoms with van der Waals surface area (Å²) in [6.07, 6.45) is 0. The van der Waals surface area contributed by atoms with Crippen molar-refractivity contribution in [3.05, 3.63) is 40.2 Å². The normalized spacial score (nSPS) is 10.1. The third kappa shape index (κ3) is 2.87. The number of rotatable bonds is 4. The summed E-state index contributed by atoms with van der Waals surface area (Å²) in [7, 11) is 0. The van der Waals surface area contributed by atoms with Crippen LogP contribution in [0.3, 0.4) is 0 Å². The molecule has 1 heterocycles. The van der Waals surface area contributed by atoms with E-state index in [4.69, 9.17) is 16.3 Å². The predicted octanol–water partition coefficient (Wildman–Crippen LogP) is 1.18. The second kappa shape index (κ2) is 5.32. The van der Waals surface area contributed by atoms with E-state index in [1.165, 1.54) is 6.07 Å². The number of hydrogen-bond donors (Lipinski definition) is 3. The number of nitrogens with one attached hydrogen (secondary N) is 1. The second-order valence-electron chi connectivity index (χ2n) is 3.57. The van der Waals surface area contributed by atoms with Gasteiger partial charge in [0.1, 0.15) is 5.82 Å². The van der Waals surface area contributed by atoms with Gasteiger partial charge in [0.15, 0.2) is 11.6 Å². The van der Waals surface area contributed by atoms with E-state index in [1.54, 1.807) is 0 Å². The molecule has 0 amide bonds. The zero-order valence-electron chi connectivity index (χ0n) is 9.91. The summed E-state index contributed by atoms with van der Waals surface area (Å²) in [6, 6.07) is 4.24. The number of non-ortho nitro benzene ring substituents is 1. The van der Waals surface area contributed by atoms with Gasteiger partial charge in [0.05, 0.1) is 11.0 Å². The van der Waals surface area contributed by atoms with Gasteiger partial charge in [-0.1, -0.05) is 0 Å². The monoisotopic (exact) mass is 280 g/mol. The molecule has 2 aromatic rings. The van der Waals surface area contributed by atoms with Crippen molar-refractivity contribution in [1.29, 1.82) is 0 Å². The topological polar surface area (TPSA) is 142 Å². The molecule has 0 atom stereocenters. The lowest BCUT2D eigenvalue weighted by atomic mass is 10.3. The smallest absolute Gasteiger partial charge is 0.272 e. The highest BCUT2D eigenvalue weighted by Gasteiger charge is 2.13. The Morgan fingerprint density at radius 3 is 2.70 bits per heavy atom. The molecule has 0 bridgehead atoms. The fraction of sp³-hybridized carbons (Fsp3) is 0. The zero-order chi connectivity index (χ0) is 14.7. The van der Waals surface area contributed by atoms with Gasteiger partial charge in [0.25, 0.3) is 5.69 Å². The van der Waals surface area contributed by atoms with E-state index in [2.05, 4.69) is 15.4 Å². The number of aromatic nitrogens is 2. The largest absolute Gasteiger partial charge is 0.436 e. The van der Waals surface area contributed by atoms with E-state index in [1.807, 2.05) is 0 Å². The van der Waals surface area contributed by atoms with Crippen LogP contribution in [-0.4, -0.2) is 14.9 Å². The molecule has 2 rings (SSSR count). The Morgan fingerprint density at radius 1 is 1.35 bits per heavy atom. The molecule has 5 N–H and O–H groups in total. The highest BCUT2D eigenvalue weighted by atomic mass is 19.1. The maximum Gasteiger partial charge on any atom is 0.272 e. The molecule has 104 valence electrons. The Morgan fingerprint density at radius 2 is 2.10 bits per heavy atom. The van der Waals surface area contributed by atoms with Crippen LogP contribution in [0.25, 0.3) is 0 Å². The first-order chi connectivity index (χ1) is 9.49. The van der Waals surface area contributed by atoms with E-state index < -0.39 is 10.7 Å². The maximum atomic E-state index is 13.6. The van der Waals surface area contributed by atoms with E-state index in [0.29, 0.717) is 0 Å². The summed E-state index contributed by atoms with van der Waals surface area (Å²) in [5, 5.41) is 10.5. The van der Waals surface area contributed by atoms with Crippen LogP contribution in [0.4, 0.5) is 21.8 Å². The first-order valence-corrected chi connectivity index (χ1v) is 5.22. The Bertz CT molecular complexity index is 665. The average Bonchev–Trinajstić information content (AvgIpc) is 2.40. The minimum atomic E-state index is -0.904. The number of nitrogens with zero attached hydrogens (tertiary/aromatic N) is 3. The van der Waals surface area contributed by atoms with Crippen LogP contribution >= 0.6 is 0 Å². The number of ether oxygens (including phenoxy) is 1. The van der Waals surface area contributed by atoms with E-state index in [-0.39, 0.29) is 29.1 Å². The number of halogens is 1. The van der Waals surface area contributed by atoms with Crippen molar-refractivity contribution in [3.63, 3.8) is 0 Å². The van der Waals surface area contributed by atoms with E-state index >= 15 is 0 Å². The number of nitro groups is 1. The molecule has 0 spiro atoms. The summed E-state index contributed by atoms with van der Waals surface area (Å²) in [6.45, 7) is 0. The van der Waals surface area contributed by atoms with E-state index in [9.17, 15) is 14.5 Å². The quantitative estimate of drug-likeness (QED) is 0.430. The van der Waals surface area contributed by atoms with Gasteiger partial charge in [-0.3, -0.25) is 10.1 Å². The molecule has 10 heteroatoms. The molecule has 0 fully saturated rings. The number of hydrazine groups is 1. The fourth-order valence-corrected chi connectivity index (χ4v) is 1.37. The molecular weight excluding hydrogens is 271 g/mol. The molecule has 0 saturated heterocycles. The SMILES string of the molecule is NNc1cc(Oc2ccc([N+](=O)[O-])cc2F)nc(N)n1. The third-order valence-corrected chi connectivity index (χ3v) is 2.21. The van der Waals surface area contributed by atoms with E-state index in [0.717, 1.165) is 18.2 Å². The molecule has 0 aliphatic heterocycles. The summed E-state index contributed by atoms with van der Waals surface area (Å²) >= 11 is 0. The molecule has 0 radical (unpaired) electrons. The van der Waals surface area contributed by atoms with Gasteiger partial charge < -0.3 is 15.9 Å². The molecule has 0 saturated carbocycles. The molecule has 1 aromatic heterocycles. The van der Waals surface area contributed by atoms with Crippen LogP contribution in [0, 0.1) is 15.9 Å². The van der Waals surface area contributed by atoms with Crippen molar-refractivity contribution in [2.45, 2.75) is 0 Å². The number of hydrogen-bond acceptors (Lipinski definition) is 8. The van der Waals surface area contributed by atoms with Crippen molar-refractivity contribution in [2.75, 3.05) is 11.2 Å². The van der Waals surface area contributed by atoms with Crippen LogP contribution in [0.1, 0.15) is 0 Å². The summed E-state index contributed by atoms with van der Waals surface area (Å²) in [5.74, 6) is 4.01. The average molecular weight is 280 g/mol. The molecule has 0 aliphatic carbocycles. The van der Waals surface area contributed by atoms with Crippen LogP contribution in [0.5, 0.6) is 11.6 Å². The Balaban J connectivity index is 2.30. The molecule has 0 aliphatic rings. The minimum absolute atomic E-state index is 0.0572. The van der Waals surface area contributed by atoms with Gasteiger partial charge in [-0.25, -0.2) is 10.2 Å². The van der Waals surface area contributed by atoms with Crippen molar-refractivity contribution in [3.8, 4) is 11.6 Å². The standard InChI is InChI=1S/C10H9FN6O3/c11-6-3-5(17(18)19)1-2-7(6)20-9-4-8(16-13)14-10(12)15-9/h1-4H,13H2,(H3,12,14,15,16). The number of nitro benzene ring substituents is 1. The predicted molar refractivity (Wildman–Crippen MR) is 67.4 cm³/mol. The zero-order valence-corrected chi connectivity index (χ0v) is 9.91.